The Morgan fingerprint density at radius 3 is 3.00 bits per heavy atom. The molecule has 1 aliphatic carbocycles. The molecule has 4 unspecified atom stereocenters. The van der Waals surface area contributed by atoms with Crippen LogP contribution in [0.4, 0.5) is 0 Å². The maximum Gasteiger partial charge on any atom is 0.124 e. The second-order valence-electron chi connectivity index (χ2n) is 6.18. The van der Waals surface area contributed by atoms with Crippen LogP contribution in [0.1, 0.15) is 30.9 Å². The molecule has 1 aromatic rings. The van der Waals surface area contributed by atoms with Gasteiger partial charge >= 0.3 is 0 Å². The van der Waals surface area contributed by atoms with Crippen molar-refractivity contribution in [1.82, 2.24) is 10.0 Å². The molecule has 94 valence electrons. The van der Waals surface area contributed by atoms with E-state index in [0.29, 0.717) is 12.0 Å². The first-order chi connectivity index (χ1) is 8.92. The van der Waals surface area contributed by atoms with Gasteiger partial charge in [0.15, 0.2) is 0 Å². The van der Waals surface area contributed by atoms with Gasteiger partial charge in [0.1, 0.15) is 5.75 Å². The van der Waals surface area contributed by atoms with Crippen molar-refractivity contribution in [3.63, 3.8) is 0 Å². The average Bonchev–Trinajstić information content (AvgIpc) is 3.09. The molecule has 0 spiro atoms. The Hall–Kier alpha value is -1.06. The fourth-order valence-corrected chi connectivity index (χ4v) is 4.62. The molecular weight excluding hydrogens is 224 g/mol. The second-order valence-corrected chi connectivity index (χ2v) is 6.18. The fourth-order valence-electron chi connectivity index (χ4n) is 4.62. The highest BCUT2D eigenvalue weighted by Gasteiger charge is 2.55. The van der Waals surface area contributed by atoms with E-state index in [9.17, 15) is 0 Å². The van der Waals surface area contributed by atoms with Crippen LogP contribution in [0.15, 0.2) is 24.3 Å². The summed E-state index contributed by atoms with van der Waals surface area (Å²) in [6, 6.07) is 10.8. The molecule has 5 rings (SSSR count). The highest BCUT2D eigenvalue weighted by Crippen LogP contribution is 2.52. The number of hydrogen-bond donors (Lipinski definition) is 0. The average molecular weight is 242 g/mol. The van der Waals surface area contributed by atoms with E-state index in [1.807, 2.05) is 0 Å². The standard InChI is InChI=1S/C15H18N2O/c1-2-4-14-13(3-1)15-10(9-18-14)8-16-11-5-6-12(7-11)17(15)16/h1-4,10-12,15H,5-9H2. The van der Waals surface area contributed by atoms with Crippen LogP contribution < -0.4 is 4.74 Å². The van der Waals surface area contributed by atoms with E-state index in [0.717, 1.165) is 24.4 Å². The van der Waals surface area contributed by atoms with Crippen molar-refractivity contribution in [1.29, 1.82) is 0 Å². The smallest absolute Gasteiger partial charge is 0.124 e. The van der Waals surface area contributed by atoms with Gasteiger partial charge in [-0.2, -0.15) is 0 Å². The molecular formula is C15H18N2O. The first-order valence-electron chi connectivity index (χ1n) is 7.18. The summed E-state index contributed by atoms with van der Waals surface area (Å²) in [5.74, 6) is 1.78. The van der Waals surface area contributed by atoms with Crippen LogP contribution in [0, 0.1) is 5.92 Å². The Kier molecular flexibility index (Phi) is 1.79. The van der Waals surface area contributed by atoms with Gasteiger partial charge in [0, 0.05) is 30.1 Å². The van der Waals surface area contributed by atoms with Gasteiger partial charge in [0.05, 0.1) is 12.6 Å². The van der Waals surface area contributed by atoms with E-state index in [-0.39, 0.29) is 0 Å². The second kappa shape index (κ2) is 3.28. The minimum Gasteiger partial charge on any atom is -0.493 e. The number of hydrogen-bond acceptors (Lipinski definition) is 3. The van der Waals surface area contributed by atoms with Crippen LogP contribution >= 0.6 is 0 Å². The van der Waals surface area contributed by atoms with Crippen molar-refractivity contribution in [2.75, 3.05) is 13.2 Å². The van der Waals surface area contributed by atoms with E-state index >= 15 is 0 Å². The van der Waals surface area contributed by atoms with Crippen LogP contribution in [0.25, 0.3) is 0 Å². The van der Waals surface area contributed by atoms with Crippen molar-refractivity contribution < 1.29 is 4.74 Å². The third kappa shape index (κ3) is 1.08. The molecule has 3 heterocycles. The van der Waals surface area contributed by atoms with E-state index in [1.54, 1.807) is 0 Å². The lowest BCUT2D eigenvalue weighted by Crippen LogP contribution is -2.43. The van der Waals surface area contributed by atoms with Gasteiger partial charge < -0.3 is 4.74 Å². The minimum absolute atomic E-state index is 0.588. The summed E-state index contributed by atoms with van der Waals surface area (Å²) >= 11 is 0. The molecule has 1 aromatic carbocycles. The largest absolute Gasteiger partial charge is 0.493 e. The molecule has 0 N–H and O–H groups in total. The highest BCUT2D eigenvalue weighted by molar-refractivity contribution is 5.39. The molecule has 3 nitrogen and oxygen atoms in total. The lowest BCUT2D eigenvalue weighted by molar-refractivity contribution is -0.0367. The zero-order chi connectivity index (χ0) is 11.7. The van der Waals surface area contributed by atoms with Gasteiger partial charge in [-0.25, -0.2) is 10.0 Å². The summed E-state index contributed by atoms with van der Waals surface area (Å²) in [5, 5.41) is 5.37. The zero-order valence-corrected chi connectivity index (χ0v) is 10.5. The molecule has 2 bridgehead atoms. The SMILES string of the molecule is c1ccc2c(c1)OCC1CN3C4CCC(C4)N3C21. The van der Waals surface area contributed by atoms with E-state index in [2.05, 4.69) is 34.3 Å². The van der Waals surface area contributed by atoms with E-state index in [1.165, 1.54) is 31.4 Å². The van der Waals surface area contributed by atoms with Crippen molar-refractivity contribution >= 4 is 0 Å². The van der Waals surface area contributed by atoms with Crippen molar-refractivity contribution in [3.8, 4) is 5.75 Å². The molecule has 0 radical (unpaired) electrons. The predicted octanol–water partition coefficient (Wildman–Crippen LogP) is 2.20. The predicted molar refractivity (Wildman–Crippen MR) is 68.1 cm³/mol. The van der Waals surface area contributed by atoms with Crippen LogP contribution in [0.5, 0.6) is 5.75 Å². The number of fused-ring (bicyclic) bond motifs is 9. The highest BCUT2D eigenvalue weighted by atomic mass is 16.5. The molecule has 18 heavy (non-hydrogen) atoms. The molecule has 4 atom stereocenters. The lowest BCUT2D eigenvalue weighted by atomic mass is 9.91. The van der Waals surface area contributed by atoms with E-state index < -0.39 is 0 Å². The number of para-hydroxylation sites is 1. The Bertz CT molecular complexity index is 503. The summed E-state index contributed by atoms with van der Waals surface area (Å²) in [6.45, 7) is 2.11. The summed E-state index contributed by atoms with van der Waals surface area (Å²) in [5.41, 5.74) is 1.42. The molecule has 3 heteroatoms. The fraction of sp³-hybridized carbons (Fsp3) is 0.600. The zero-order valence-electron chi connectivity index (χ0n) is 10.5. The molecule has 0 aromatic heterocycles. The quantitative estimate of drug-likeness (QED) is 0.693. The topological polar surface area (TPSA) is 15.7 Å². The van der Waals surface area contributed by atoms with Gasteiger partial charge in [0.25, 0.3) is 0 Å². The van der Waals surface area contributed by atoms with Gasteiger partial charge in [-0.3, -0.25) is 0 Å². The van der Waals surface area contributed by atoms with Gasteiger partial charge in [-0.05, 0) is 25.3 Å². The monoisotopic (exact) mass is 242 g/mol. The Balaban J connectivity index is 1.62. The van der Waals surface area contributed by atoms with Crippen LogP contribution in [-0.2, 0) is 0 Å². The Morgan fingerprint density at radius 2 is 2.00 bits per heavy atom. The summed E-state index contributed by atoms with van der Waals surface area (Å²) in [7, 11) is 0. The van der Waals surface area contributed by atoms with Gasteiger partial charge in [-0.1, -0.05) is 18.2 Å². The molecule has 1 saturated carbocycles. The molecule has 4 aliphatic rings. The molecule has 3 aliphatic heterocycles. The van der Waals surface area contributed by atoms with Crippen molar-refractivity contribution in [2.24, 2.45) is 5.92 Å². The first-order valence-corrected chi connectivity index (χ1v) is 7.18. The van der Waals surface area contributed by atoms with Crippen LogP contribution in [-0.4, -0.2) is 35.3 Å². The molecule has 0 amide bonds. The Labute approximate surface area is 107 Å². The van der Waals surface area contributed by atoms with Crippen LogP contribution in [0.3, 0.4) is 0 Å². The summed E-state index contributed by atoms with van der Waals surface area (Å²) in [6.07, 6.45) is 4.20. The van der Waals surface area contributed by atoms with Crippen LogP contribution in [0.2, 0.25) is 0 Å². The van der Waals surface area contributed by atoms with E-state index in [4.69, 9.17) is 4.74 Å². The minimum atomic E-state index is 0.588. The van der Waals surface area contributed by atoms with Crippen molar-refractivity contribution in [2.45, 2.75) is 37.4 Å². The number of hydrazine groups is 1. The normalized spacial score (nSPS) is 41.3. The summed E-state index contributed by atoms with van der Waals surface area (Å²) < 4.78 is 5.94. The molecule has 2 saturated heterocycles. The first kappa shape index (κ1) is 9.82. The lowest BCUT2D eigenvalue weighted by Gasteiger charge is -2.38. The number of ether oxygens (including phenoxy) is 1. The third-order valence-corrected chi connectivity index (χ3v) is 5.31. The number of rotatable bonds is 0. The van der Waals surface area contributed by atoms with Gasteiger partial charge in [-0.15, -0.1) is 0 Å². The maximum atomic E-state index is 5.94. The number of benzene rings is 1. The summed E-state index contributed by atoms with van der Waals surface area (Å²) in [4.78, 5) is 0. The molecule has 3 fully saturated rings. The maximum absolute atomic E-state index is 5.94. The third-order valence-electron chi connectivity index (χ3n) is 5.31. The van der Waals surface area contributed by atoms with Gasteiger partial charge in [0.2, 0.25) is 0 Å². The Morgan fingerprint density at radius 1 is 1.11 bits per heavy atom. The number of nitrogens with zero attached hydrogens (tertiary/aromatic N) is 2. The van der Waals surface area contributed by atoms with Crippen molar-refractivity contribution in [3.05, 3.63) is 29.8 Å².